The topological polar surface area (TPSA) is 68.6 Å². The molecule has 1 N–H and O–H groups in total. The van der Waals surface area contributed by atoms with E-state index < -0.39 is 0 Å². The number of hydrogen-bond donors (Lipinski definition) is 1. The zero-order valence-electron chi connectivity index (χ0n) is 15.1. The summed E-state index contributed by atoms with van der Waals surface area (Å²) >= 11 is 0. The third-order valence-electron chi connectivity index (χ3n) is 5.18. The van der Waals surface area contributed by atoms with Gasteiger partial charge in [-0.3, -0.25) is 4.79 Å². The number of carbonyl (C=O) groups excluding carboxylic acids is 1. The molecule has 2 aromatic rings. The van der Waals surface area contributed by atoms with Gasteiger partial charge in [0, 0.05) is 44.4 Å². The van der Waals surface area contributed by atoms with Crippen molar-refractivity contribution in [1.82, 2.24) is 19.8 Å². The molecule has 0 spiro atoms. The lowest BCUT2D eigenvalue weighted by Crippen LogP contribution is -2.40. The summed E-state index contributed by atoms with van der Waals surface area (Å²) in [6.45, 7) is 2.01. The number of fused-ring (bicyclic) bond motifs is 1. The Morgan fingerprint density at radius 3 is 3.00 bits per heavy atom. The number of nitrogens with one attached hydrogen (secondary N) is 1. The van der Waals surface area contributed by atoms with Crippen molar-refractivity contribution in [1.29, 1.82) is 0 Å². The number of aromatic nitrogens is 2. The second-order valence-electron chi connectivity index (χ2n) is 7.08. The number of aryl methyl sites for hydroxylation is 2. The van der Waals surface area contributed by atoms with Gasteiger partial charge in [0.25, 0.3) is 0 Å². The Labute approximate surface area is 152 Å². The van der Waals surface area contributed by atoms with Gasteiger partial charge in [0.2, 0.25) is 12.7 Å². The molecule has 1 aromatic heterocycles. The van der Waals surface area contributed by atoms with E-state index in [0.29, 0.717) is 12.8 Å². The van der Waals surface area contributed by atoms with Crippen LogP contribution in [0.5, 0.6) is 11.5 Å². The quantitative estimate of drug-likeness (QED) is 0.874. The molecule has 0 bridgehead atoms. The minimum absolute atomic E-state index is 0.0639. The molecule has 7 nitrogen and oxygen atoms in total. The summed E-state index contributed by atoms with van der Waals surface area (Å²) in [4.78, 5) is 19.0. The lowest BCUT2D eigenvalue weighted by atomic mass is 9.99. The van der Waals surface area contributed by atoms with Gasteiger partial charge in [0.15, 0.2) is 11.5 Å². The van der Waals surface area contributed by atoms with E-state index in [1.165, 1.54) is 0 Å². The number of ether oxygens (including phenoxy) is 2. The van der Waals surface area contributed by atoms with Crippen molar-refractivity contribution >= 4 is 5.91 Å². The van der Waals surface area contributed by atoms with Gasteiger partial charge in [-0.05, 0) is 25.1 Å². The molecule has 0 aliphatic carbocycles. The number of rotatable bonds is 5. The first-order valence-corrected chi connectivity index (χ1v) is 8.93. The Morgan fingerprint density at radius 1 is 1.31 bits per heavy atom. The van der Waals surface area contributed by atoms with Crippen LogP contribution in [0.3, 0.4) is 0 Å². The Kier molecular flexibility index (Phi) is 4.55. The van der Waals surface area contributed by atoms with E-state index in [2.05, 4.69) is 22.2 Å². The van der Waals surface area contributed by atoms with E-state index in [9.17, 15) is 4.79 Å². The van der Waals surface area contributed by atoms with Gasteiger partial charge >= 0.3 is 0 Å². The maximum absolute atomic E-state index is 12.6. The van der Waals surface area contributed by atoms with Gasteiger partial charge in [0.05, 0.1) is 12.4 Å². The molecule has 138 valence electrons. The van der Waals surface area contributed by atoms with E-state index in [0.717, 1.165) is 35.8 Å². The lowest BCUT2D eigenvalue weighted by molar-refractivity contribution is -0.121. The van der Waals surface area contributed by atoms with Crippen LogP contribution in [0.25, 0.3) is 0 Å². The maximum atomic E-state index is 12.6. The molecular weight excluding hydrogens is 332 g/mol. The molecule has 0 unspecified atom stereocenters. The summed E-state index contributed by atoms with van der Waals surface area (Å²) in [6, 6.07) is 5.91. The van der Waals surface area contributed by atoms with Crippen molar-refractivity contribution in [3.05, 3.63) is 42.0 Å². The van der Waals surface area contributed by atoms with Crippen molar-refractivity contribution in [2.24, 2.45) is 7.05 Å². The van der Waals surface area contributed by atoms with Gasteiger partial charge in [-0.1, -0.05) is 12.1 Å². The van der Waals surface area contributed by atoms with E-state index >= 15 is 0 Å². The molecule has 2 aliphatic rings. The highest BCUT2D eigenvalue weighted by Gasteiger charge is 2.34. The normalized spacial score (nSPS) is 21.9. The fourth-order valence-corrected chi connectivity index (χ4v) is 3.89. The average molecular weight is 356 g/mol. The van der Waals surface area contributed by atoms with Crippen LogP contribution in [0.2, 0.25) is 0 Å². The standard InChI is InChI=1S/C19H24N4O3/c1-22-9-14(16-8-20-11-23(16)2)15(10-22)21-18(24)7-6-13-4-3-5-17-19(13)26-12-25-17/h3-5,8,11,14-15H,6-7,9-10,12H2,1-2H3,(H,21,24)/t14-,15-/m1/s1. The van der Waals surface area contributed by atoms with Crippen molar-refractivity contribution < 1.29 is 14.3 Å². The van der Waals surface area contributed by atoms with Crippen LogP contribution < -0.4 is 14.8 Å². The molecule has 0 radical (unpaired) electrons. The zero-order valence-corrected chi connectivity index (χ0v) is 15.1. The number of imidazole rings is 1. The predicted molar refractivity (Wildman–Crippen MR) is 96.3 cm³/mol. The van der Waals surface area contributed by atoms with Crippen molar-refractivity contribution in [2.75, 3.05) is 26.9 Å². The number of carbonyl (C=O) groups is 1. The van der Waals surface area contributed by atoms with Gasteiger partial charge in [0.1, 0.15) is 0 Å². The van der Waals surface area contributed by atoms with Crippen molar-refractivity contribution in [2.45, 2.75) is 24.8 Å². The Balaban J connectivity index is 1.38. The molecule has 4 rings (SSSR count). The zero-order chi connectivity index (χ0) is 18.1. The van der Waals surface area contributed by atoms with Crippen LogP contribution in [0.1, 0.15) is 23.6 Å². The van der Waals surface area contributed by atoms with E-state index in [-0.39, 0.29) is 24.7 Å². The first-order valence-electron chi connectivity index (χ1n) is 8.93. The maximum Gasteiger partial charge on any atom is 0.231 e. The second kappa shape index (κ2) is 6.99. The molecular formula is C19H24N4O3. The fraction of sp³-hybridized carbons (Fsp3) is 0.474. The van der Waals surface area contributed by atoms with E-state index in [1.54, 1.807) is 0 Å². The van der Waals surface area contributed by atoms with Crippen LogP contribution in [0.15, 0.2) is 30.7 Å². The minimum atomic E-state index is 0.0639. The average Bonchev–Trinajstić information content (AvgIpc) is 3.33. The summed E-state index contributed by atoms with van der Waals surface area (Å²) in [5.41, 5.74) is 2.17. The Hall–Kier alpha value is -2.54. The predicted octanol–water partition coefficient (Wildman–Crippen LogP) is 1.30. The number of amides is 1. The monoisotopic (exact) mass is 356 g/mol. The smallest absolute Gasteiger partial charge is 0.231 e. The molecule has 1 saturated heterocycles. The van der Waals surface area contributed by atoms with Gasteiger partial charge < -0.3 is 24.3 Å². The second-order valence-corrected chi connectivity index (χ2v) is 7.08. The largest absolute Gasteiger partial charge is 0.454 e. The highest BCUT2D eigenvalue weighted by Crippen LogP contribution is 2.35. The number of benzene rings is 1. The molecule has 3 heterocycles. The van der Waals surface area contributed by atoms with E-state index in [4.69, 9.17) is 9.47 Å². The van der Waals surface area contributed by atoms with Gasteiger partial charge in [-0.15, -0.1) is 0 Å². The van der Waals surface area contributed by atoms with Crippen LogP contribution in [0.4, 0.5) is 0 Å². The molecule has 2 atom stereocenters. The third kappa shape index (κ3) is 3.26. The molecule has 26 heavy (non-hydrogen) atoms. The SMILES string of the molecule is CN1C[C@@H](NC(=O)CCc2cccc3c2OCO3)[C@H](c2cncn2C)C1. The van der Waals surface area contributed by atoms with Crippen LogP contribution >= 0.6 is 0 Å². The number of hydrogen-bond acceptors (Lipinski definition) is 5. The number of para-hydroxylation sites is 1. The van der Waals surface area contributed by atoms with Crippen molar-refractivity contribution in [3.63, 3.8) is 0 Å². The Bertz CT molecular complexity index is 804. The summed E-state index contributed by atoms with van der Waals surface area (Å²) < 4.78 is 12.9. The summed E-state index contributed by atoms with van der Waals surface area (Å²) in [5, 5.41) is 3.22. The molecule has 0 saturated carbocycles. The van der Waals surface area contributed by atoms with Crippen LogP contribution in [-0.2, 0) is 18.3 Å². The number of nitrogens with zero attached hydrogens (tertiary/aromatic N) is 3. The molecule has 1 aromatic carbocycles. The minimum Gasteiger partial charge on any atom is -0.454 e. The van der Waals surface area contributed by atoms with Gasteiger partial charge in [-0.2, -0.15) is 0 Å². The van der Waals surface area contributed by atoms with Crippen molar-refractivity contribution in [3.8, 4) is 11.5 Å². The highest BCUT2D eigenvalue weighted by atomic mass is 16.7. The third-order valence-corrected chi connectivity index (χ3v) is 5.18. The Morgan fingerprint density at radius 2 is 2.19 bits per heavy atom. The van der Waals surface area contributed by atoms with Crippen LogP contribution in [-0.4, -0.2) is 53.3 Å². The number of likely N-dealkylation sites (tertiary alicyclic amines) is 1. The summed E-state index contributed by atoms with van der Waals surface area (Å²) in [5.74, 6) is 1.86. The van der Waals surface area contributed by atoms with E-state index in [1.807, 2.05) is 42.3 Å². The highest BCUT2D eigenvalue weighted by molar-refractivity contribution is 5.77. The fourth-order valence-electron chi connectivity index (χ4n) is 3.89. The summed E-state index contributed by atoms with van der Waals surface area (Å²) in [6.07, 6.45) is 4.77. The summed E-state index contributed by atoms with van der Waals surface area (Å²) in [7, 11) is 4.08. The number of likely N-dealkylation sites (N-methyl/N-ethyl adjacent to an activating group) is 1. The first kappa shape index (κ1) is 16.9. The molecule has 1 amide bonds. The molecule has 7 heteroatoms. The van der Waals surface area contributed by atoms with Crippen LogP contribution in [0, 0.1) is 0 Å². The van der Waals surface area contributed by atoms with Gasteiger partial charge in [-0.25, -0.2) is 4.98 Å². The lowest BCUT2D eigenvalue weighted by Gasteiger charge is -2.20. The molecule has 1 fully saturated rings. The molecule has 2 aliphatic heterocycles. The first-order chi connectivity index (χ1) is 12.6.